The van der Waals surface area contributed by atoms with Crippen molar-refractivity contribution in [2.75, 3.05) is 13.1 Å². The fraction of sp³-hybridized carbons (Fsp3) is 0.273. The van der Waals surface area contributed by atoms with Crippen LogP contribution in [0.1, 0.15) is 24.3 Å². The number of likely N-dealkylation sites (tertiary alicyclic amines) is 1. The molecule has 29 heavy (non-hydrogen) atoms. The molecule has 7 heteroatoms. The van der Waals surface area contributed by atoms with Crippen LogP contribution in [0, 0.1) is 0 Å². The van der Waals surface area contributed by atoms with Gasteiger partial charge in [-0.25, -0.2) is 4.68 Å². The zero-order valence-electron chi connectivity index (χ0n) is 15.9. The fourth-order valence-corrected chi connectivity index (χ4v) is 4.23. The molecular formula is C22H21N5O2. The number of aromatic nitrogens is 4. The lowest BCUT2D eigenvalue weighted by molar-refractivity contribution is -0.133. The average molecular weight is 387 g/mol. The van der Waals surface area contributed by atoms with Crippen molar-refractivity contribution in [3.8, 4) is 0 Å². The molecule has 0 aliphatic carbocycles. The van der Waals surface area contributed by atoms with Gasteiger partial charge >= 0.3 is 0 Å². The van der Waals surface area contributed by atoms with Gasteiger partial charge in [0.2, 0.25) is 5.91 Å². The Morgan fingerprint density at radius 1 is 1.03 bits per heavy atom. The molecule has 1 saturated heterocycles. The van der Waals surface area contributed by atoms with Crippen LogP contribution in [0.5, 0.6) is 0 Å². The number of amides is 1. The third kappa shape index (κ3) is 3.18. The van der Waals surface area contributed by atoms with Crippen LogP contribution in [0.25, 0.3) is 21.8 Å². The molecule has 0 unspecified atom stereocenters. The summed E-state index contributed by atoms with van der Waals surface area (Å²) in [5.41, 5.74) is 2.73. The van der Waals surface area contributed by atoms with E-state index in [1.54, 1.807) is 18.2 Å². The van der Waals surface area contributed by atoms with Crippen LogP contribution in [0.15, 0.2) is 59.5 Å². The number of para-hydroxylation sites is 1. The predicted octanol–water partition coefficient (Wildman–Crippen LogP) is 2.68. The lowest BCUT2D eigenvalue weighted by Crippen LogP contribution is -2.41. The number of piperidine rings is 1. The van der Waals surface area contributed by atoms with E-state index in [0.717, 1.165) is 23.0 Å². The lowest BCUT2D eigenvalue weighted by Gasteiger charge is -2.32. The topological polar surface area (TPSA) is 83.9 Å². The summed E-state index contributed by atoms with van der Waals surface area (Å²) in [4.78, 5) is 30.5. The highest BCUT2D eigenvalue weighted by Gasteiger charge is 2.26. The second-order valence-corrected chi connectivity index (χ2v) is 7.51. The maximum atomic E-state index is 12.8. The van der Waals surface area contributed by atoms with Crippen molar-refractivity contribution in [2.45, 2.75) is 25.3 Å². The second kappa shape index (κ2) is 7.16. The zero-order chi connectivity index (χ0) is 19.8. The number of rotatable bonds is 3. The molecule has 0 saturated carbocycles. The van der Waals surface area contributed by atoms with Crippen LogP contribution in [-0.2, 0) is 11.3 Å². The first-order chi connectivity index (χ1) is 14.2. The highest BCUT2D eigenvalue weighted by molar-refractivity contribution is 5.84. The van der Waals surface area contributed by atoms with Crippen molar-refractivity contribution >= 4 is 27.7 Å². The minimum absolute atomic E-state index is 0.0750. The van der Waals surface area contributed by atoms with Gasteiger partial charge in [0.05, 0.1) is 5.39 Å². The van der Waals surface area contributed by atoms with Gasteiger partial charge in [0.15, 0.2) is 0 Å². The van der Waals surface area contributed by atoms with Crippen LogP contribution in [-0.4, -0.2) is 43.9 Å². The Bertz CT molecular complexity index is 1250. The number of nitrogens with zero attached hydrogens (tertiary/aromatic N) is 4. The van der Waals surface area contributed by atoms with E-state index < -0.39 is 0 Å². The van der Waals surface area contributed by atoms with Crippen LogP contribution in [0.3, 0.4) is 0 Å². The Morgan fingerprint density at radius 2 is 1.76 bits per heavy atom. The summed E-state index contributed by atoms with van der Waals surface area (Å²) in [6.07, 6.45) is 3.91. The monoisotopic (exact) mass is 387 g/mol. The second-order valence-electron chi connectivity index (χ2n) is 7.51. The molecule has 2 aromatic carbocycles. The molecule has 7 nitrogen and oxygen atoms in total. The summed E-state index contributed by atoms with van der Waals surface area (Å²) in [5, 5.41) is 9.73. The van der Waals surface area contributed by atoms with Crippen molar-refractivity contribution in [3.05, 3.63) is 70.6 Å². The van der Waals surface area contributed by atoms with E-state index in [1.807, 2.05) is 17.0 Å². The average Bonchev–Trinajstić information content (AvgIpc) is 3.20. The molecule has 1 aliphatic rings. The Hall–Kier alpha value is -3.48. The number of carbonyl (C=O) groups is 1. The number of hydrogen-bond acceptors (Lipinski definition) is 4. The largest absolute Gasteiger partial charge is 0.361 e. The van der Waals surface area contributed by atoms with Gasteiger partial charge in [-0.05, 0) is 42.5 Å². The number of carbonyl (C=O) groups excluding carboxylic acids is 1. The molecule has 2 aromatic heterocycles. The highest BCUT2D eigenvalue weighted by Crippen LogP contribution is 2.33. The summed E-state index contributed by atoms with van der Waals surface area (Å²) < 4.78 is 1.16. The Morgan fingerprint density at radius 3 is 2.59 bits per heavy atom. The first-order valence-corrected chi connectivity index (χ1v) is 9.87. The van der Waals surface area contributed by atoms with Crippen molar-refractivity contribution in [1.29, 1.82) is 0 Å². The molecular weight excluding hydrogens is 366 g/mol. The Balaban J connectivity index is 1.28. The first kappa shape index (κ1) is 17.6. The normalized spacial score (nSPS) is 15.2. The molecule has 1 aliphatic heterocycles. The van der Waals surface area contributed by atoms with Gasteiger partial charge in [-0.3, -0.25) is 9.59 Å². The molecule has 4 aromatic rings. The molecule has 0 atom stereocenters. The van der Waals surface area contributed by atoms with Gasteiger partial charge in [-0.1, -0.05) is 35.5 Å². The number of nitrogens with one attached hydrogen (secondary N) is 1. The number of H-pyrrole nitrogens is 1. The summed E-state index contributed by atoms with van der Waals surface area (Å²) in [5.74, 6) is 0.340. The van der Waals surface area contributed by atoms with Crippen LogP contribution in [0.4, 0.5) is 0 Å². The fourth-order valence-electron chi connectivity index (χ4n) is 4.23. The summed E-state index contributed by atoms with van der Waals surface area (Å²) in [6.45, 7) is 1.28. The van der Waals surface area contributed by atoms with Crippen molar-refractivity contribution in [3.63, 3.8) is 0 Å². The third-order valence-corrected chi connectivity index (χ3v) is 5.82. The molecule has 0 spiro atoms. The van der Waals surface area contributed by atoms with Gasteiger partial charge in [-0.2, -0.15) is 0 Å². The molecule has 5 rings (SSSR count). The van der Waals surface area contributed by atoms with E-state index in [-0.39, 0.29) is 18.0 Å². The van der Waals surface area contributed by atoms with E-state index in [9.17, 15) is 9.59 Å². The zero-order valence-corrected chi connectivity index (χ0v) is 15.9. The van der Waals surface area contributed by atoms with E-state index in [0.29, 0.717) is 29.9 Å². The molecule has 1 N–H and O–H groups in total. The van der Waals surface area contributed by atoms with Crippen molar-refractivity contribution in [2.24, 2.45) is 0 Å². The number of fused-ring (bicyclic) bond motifs is 2. The molecule has 0 radical (unpaired) electrons. The summed E-state index contributed by atoms with van der Waals surface area (Å²) in [6, 6.07) is 15.4. The lowest BCUT2D eigenvalue weighted by atomic mass is 9.89. The highest BCUT2D eigenvalue weighted by atomic mass is 16.2. The summed E-state index contributed by atoms with van der Waals surface area (Å²) >= 11 is 0. The molecule has 1 fully saturated rings. The van der Waals surface area contributed by atoms with Gasteiger partial charge in [0.25, 0.3) is 5.56 Å². The number of hydrogen-bond donors (Lipinski definition) is 1. The SMILES string of the molecule is O=C(Cn1nnc2ccccc2c1=O)N1CCC(c2c[nH]c3ccccc23)CC1. The van der Waals surface area contributed by atoms with Crippen LogP contribution in [0.2, 0.25) is 0 Å². The van der Waals surface area contributed by atoms with Gasteiger partial charge in [0.1, 0.15) is 12.1 Å². The smallest absolute Gasteiger partial charge is 0.278 e. The minimum atomic E-state index is -0.280. The number of aromatic amines is 1. The summed E-state index contributed by atoms with van der Waals surface area (Å²) in [7, 11) is 0. The molecule has 1 amide bonds. The van der Waals surface area contributed by atoms with Gasteiger partial charge in [-0.15, -0.1) is 5.10 Å². The maximum absolute atomic E-state index is 12.8. The van der Waals surface area contributed by atoms with Gasteiger partial charge < -0.3 is 9.88 Å². The maximum Gasteiger partial charge on any atom is 0.278 e. The van der Waals surface area contributed by atoms with E-state index in [4.69, 9.17) is 0 Å². The van der Waals surface area contributed by atoms with Gasteiger partial charge in [0, 0.05) is 30.2 Å². The van der Waals surface area contributed by atoms with E-state index in [2.05, 4.69) is 39.7 Å². The minimum Gasteiger partial charge on any atom is -0.361 e. The van der Waals surface area contributed by atoms with Crippen molar-refractivity contribution < 1.29 is 4.79 Å². The Kier molecular flexibility index (Phi) is 4.35. The standard InChI is InChI=1S/C22H21N5O2/c28-21(14-27-22(29)17-6-2-4-8-20(17)24-25-27)26-11-9-15(10-12-26)18-13-23-19-7-3-1-5-16(18)19/h1-8,13,15,23H,9-12,14H2. The Labute approximate surface area is 166 Å². The number of benzene rings is 2. The quantitative estimate of drug-likeness (QED) is 0.586. The van der Waals surface area contributed by atoms with E-state index >= 15 is 0 Å². The third-order valence-electron chi connectivity index (χ3n) is 5.82. The first-order valence-electron chi connectivity index (χ1n) is 9.87. The predicted molar refractivity (Wildman–Crippen MR) is 111 cm³/mol. The van der Waals surface area contributed by atoms with Crippen molar-refractivity contribution in [1.82, 2.24) is 24.9 Å². The van der Waals surface area contributed by atoms with E-state index in [1.165, 1.54) is 10.9 Å². The van der Waals surface area contributed by atoms with Crippen LogP contribution >= 0.6 is 0 Å². The van der Waals surface area contributed by atoms with Crippen LogP contribution < -0.4 is 5.56 Å². The molecule has 3 heterocycles. The molecule has 0 bridgehead atoms. The molecule has 146 valence electrons.